The van der Waals surface area contributed by atoms with E-state index in [-0.39, 0.29) is 18.5 Å². The van der Waals surface area contributed by atoms with Crippen molar-refractivity contribution in [3.8, 4) is 0 Å². The zero-order valence-corrected chi connectivity index (χ0v) is 12.9. The Balaban J connectivity index is 1.72. The Morgan fingerprint density at radius 2 is 2.36 bits per heavy atom. The number of nitrogens with zero attached hydrogens (tertiary/aromatic N) is 4. The van der Waals surface area contributed by atoms with Crippen LogP contribution < -0.4 is 11.1 Å². The van der Waals surface area contributed by atoms with Gasteiger partial charge in [0.1, 0.15) is 0 Å². The average molecular weight is 318 g/mol. The van der Waals surface area contributed by atoms with Crippen LogP contribution in [0.5, 0.6) is 0 Å². The van der Waals surface area contributed by atoms with Gasteiger partial charge in [0.15, 0.2) is 10.9 Å². The molecule has 0 unspecified atom stereocenters. The minimum absolute atomic E-state index is 0.162. The number of nitrogens with one attached hydrogen (secondary N) is 1. The molecule has 0 saturated carbocycles. The number of hydrogen-bond acceptors (Lipinski definition) is 7. The molecule has 1 aliphatic heterocycles. The third kappa shape index (κ3) is 3.58. The van der Waals surface area contributed by atoms with Crippen LogP contribution in [-0.2, 0) is 4.79 Å². The average Bonchev–Trinajstić information content (AvgIpc) is 2.96. The largest absolute Gasteiger partial charge is 0.369 e. The highest BCUT2D eigenvalue weighted by atomic mass is 32.1. The van der Waals surface area contributed by atoms with Crippen molar-refractivity contribution >= 4 is 28.2 Å². The molecule has 2 aromatic heterocycles. The third-order valence-corrected chi connectivity index (χ3v) is 4.41. The number of nitrogens with two attached hydrogens (primary N) is 1. The number of rotatable bonds is 5. The van der Waals surface area contributed by atoms with Gasteiger partial charge in [-0.3, -0.25) is 14.7 Å². The van der Waals surface area contributed by atoms with E-state index in [2.05, 4.69) is 25.2 Å². The fourth-order valence-corrected chi connectivity index (χ4v) is 3.45. The van der Waals surface area contributed by atoms with E-state index < -0.39 is 0 Å². The van der Waals surface area contributed by atoms with Crippen molar-refractivity contribution in [3.63, 3.8) is 0 Å². The van der Waals surface area contributed by atoms with Gasteiger partial charge in [-0.15, -0.1) is 11.3 Å². The second-order valence-corrected chi connectivity index (χ2v) is 6.10. The number of likely N-dealkylation sites (tertiary alicyclic amines) is 1. The molecule has 1 atom stereocenters. The molecule has 0 radical (unpaired) electrons. The van der Waals surface area contributed by atoms with E-state index in [4.69, 9.17) is 5.73 Å². The van der Waals surface area contributed by atoms with Gasteiger partial charge < -0.3 is 11.1 Å². The van der Waals surface area contributed by atoms with Crippen LogP contribution >= 0.6 is 11.3 Å². The van der Waals surface area contributed by atoms with Gasteiger partial charge >= 0.3 is 0 Å². The van der Waals surface area contributed by atoms with Crippen LogP contribution in [0.1, 0.15) is 31.0 Å². The molecule has 1 saturated heterocycles. The lowest BCUT2D eigenvalue weighted by Gasteiger charge is -2.33. The first-order valence-electron chi connectivity index (χ1n) is 7.23. The fraction of sp³-hybridized carbons (Fsp3) is 0.429. The Morgan fingerprint density at radius 1 is 1.45 bits per heavy atom. The third-order valence-electron chi connectivity index (χ3n) is 3.63. The molecule has 0 bridgehead atoms. The molecular formula is C14H18N6OS. The summed E-state index contributed by atoms with van der Waals surface area (Å²) in [5.41, 5.74) is 6.33. The first-order valence-corrected chi connectivity index (χ1v) is 8.11. The van der Waals surface area contributed by atoms with Crippen molar-refractivity contribution in [1.82, 2.24) is 19.9 Å². The summed E-state index contributed by atoms with van der Waals surface area (Å²) in [6.07, 6.45) is 8.15. The van der Waals surface area contributed by atoms with Crippen LogP contribution in [0, 0.1) is 0 Å². The fourth-order valence-electron chi connectivity index (χ4n) is 2.69. The molecule has 8 heteroatoms. The first-order chi connectivity index (χ1) is 10.7. The second kappa shape index (κ2) is 6.80. The van der Waals surface area contributed by atoms with Crippen molar-refractivity contribution in [3.05, 3.63) is 29.7 Å². The highest BCUT2D eigenvalue weighted by molar-refractivity contribution is 7.13. The van der Waals surface area contributed by atoms with Crippen LogP contribution in [0.4, 0.5) is 10.9 Å². The maximum absolute atomic E-state index is 11.2. The number of piperidine rings is 1. The molecule has 2 aromatic rings. The summed E-state index contributed by atoms with van der Waals surface area (Å²) >= 11 is 1.53. The summed E-state index contributed by atoms with van der Waals surface area (Å²) in [4.78, 5) is 26.2. The molecule has 116 valence electrons. The number of hydrogen-bond donors (Lipinski definition) is 2. The number of aromatic nitrogens is 3. The Labute approximate surface area is 132 Å². The second-order valence-electron chi connectivity index (χ2n) is 5.24. The van der Waals surface area contributed by atoms with Crippen LogP contribution in [-0.4, -0.2) is 38.8 Å². The predicted octanol–water partition coefficient (Wildman–Crippen LogP) is 1.69. The quantitative estimate of drug-likeness (QED) is 0.870. The molecule has 1 aliphatic rings. The molecule has 1 fully saturated rings. The first kappa shape index (κ1) is 14.9. The van der Waals surface area contributed by atoms with Crippen LogP contribution in [0.25, 0.3) is 0 Å². The minimum Gasteiger partial charge on any atom is -0.369 e. The van der Waals surface area contributed by atoms with Crippen molar-refractivity contribution in [2.45, 2.75) is 25.3 Å². The molecule has 0 aromatic carbocycles. The van der Waals surface area contributed by atoms with Gasteiger partial charge in [0.2, 0.25) is 5.91 Å². The smallest absolute Gasteiger partial charge is 0.231 e. The summed E-state index contributed by atoms with van der Waals surface area (Å²) in [6.45, 7) is 1.17. The number of primary amides is 1. The molecule has 0 spiro atoms. The SMILES string of the molecule is NC(=O)CN1CCCC[C@@H]1c1csc(Nc2cnccn2)n1. The van der Waals surface area contributed by atoms with E-state index in [1.807, 2.05) is 5.38 Å². The topological polar surface area (TPSA) is 97.0 Å². The molecule has 22 heavy (non-hydrogen) atoms. The maximum Gasteiger partial charge on any atom is 0.231 e. The molecule has 3 N–H and O–H groups in total. The normalized spacial score (nSPS) is 19.0. The molecule has 3 rings (SSSR count). The Kier molecular flexibility index (Phi) is 4.59. The van der Waals surface area contributed by atoms with Gasteiger partial charge in [-0.2, -0.15) is 0 Å². The Hall–Kier alpha value is -2.06. The summed E-state index contributed by atoms with van der Waals surface area (Å²) in [5, 5.41) is 5.95. The lowest BCUT2D eigenvalue weighted by atomic mass is 10.00. The zero-order valence-electron chi connectivity index (χ0n) is 12.1. The van der Waals surface area contributed by atoms with E-state index in [0.717, 1.165) is 36.6 Å². The van der Waals surface area contributed by atoms with E-state index in [1.54, 1.807) is 18.6 Å². The lowest BCUT2D eigenvalue weighted by Crippen LogP contribution is -2.39. The molecule has 0 aliphatic carbocycles. The van der Waals surface area contributed by atoms with E-state index in [0.29, 0.717) is 5.82 Å². The standard InChI is InChI=1S/C14H18N6OS/c15-12(21)8-20-6-2-1-3-11(20)10-9-22-14(18-10)19-13-7-16-4-5-17-13/h4-5,7,9,11H,1-3,6,8H2,(H2,15,21)(H,17,18,19)/t11-/m1/s1. The molecular weight excluding hydrogens is 300 g/mol. The van der Waals surface area contributed by atoms with Crippen LogP contribution in [0.15, 0.2) is 24.0 Å². The number of anilines is 2. The highest BCUT2D eigenvalue weighted by Crippen LogP contribution is 2.32. The summed E-state index contributed by atoms with van der Waals surface area (Å²) in [7, 11) is 0. The summed E-state index contributed by atoms with van der Waals surface area (Å²) < 4.78 is 0. The molecule has 3 heterocycles. The Bertz CT molecular complexity index is 631. The number of amides is 1. The Morgan fingerprint density at radius 3 is 3.14 bits per heavy atom. The van der Waals surface area contributed by atoms with Gasteiger partial charge in [0.25, 0.3) is 0 Å². The predicted molar refractivity (Wildman–Crippen MR) is 84.8 cm³/mol. The van der Waals surface area contributed by atoms with E-state index in [1.165, 1.54) is 11.3 Å². The zero-order chi connectivity index (χ0) is 15.4. The van der Waals surface area contributed by atoms with Crippen molar-refractivity contribution < 1.29 is 4.79 Å². The number of carbonyl (C=O) groups excluding carboxylic acids is 1. The van der Waals surface area contributed by atoms with Crippen molar-refractivity contribution in [2.24, 2.45) is 5.73 Å². The molecule has 7 nitrogen and oxygen atoms in total. The van der Waals surface area contributed by atoms with Crippen LogP contribution in [0.3, 0.4) is 0 Å². The van der Waals surface area contributed by atoms with Gasteiger partial charge in [0.05, 0.1) is 24.5 Å². The summed E-state index contributed by atoms with van der Waals surface area (Å²) in [6, 6.07) is 0.162. The van der Waals surface area contributed by atoms with Crippen molar-refractivity contribution in [1.29, 1.82) is 0 Å². The van der Waals surface area contributed by atoms with Gasteiger partial charge in [-0.05, 0) is 19.4 Å². The van der Waals surface area contributed by atoms with Crippen molar-refractivity contribution in [2.75, 3.05) is 18.4 Å². The number of carbonyl (C=O) groups is 1. The van der Waals surface area contributed by atoms with Gasteiger partial charge in [-0.25, -0.2) is 9.97 Å². The van der Waals surface area contributed by atoms with Crippen LogP contribution in [0.2, 0.25) is 0 Å². The van der Waals surface area contributed by atoms with Gasteiger partial charge in [-0.1, -0.05) is 6.42 Å². The number of thiazole rings is 1. The maximum atomic E-state index is 11.2. The highest BCUT2D eigenvalue weighted by Gasteiger charge is 2.26. The lowest BCUT2D eigenvalue weighted by molar-refractivity contribution is -0.120. The van der Waals surface area contributed by atoms with E-state index >= 15 is 0 Å². The van der Waals surface area contributed by atoms with Gasteiger partial charge in [0, 0.05) is 17.8 Å². The monoisotopic (exact) mass is 318 g/mol. The molecule has 1 amide bonds. The summed E-state index contributed by atoms with van der Waals surface area (Å²) in [5.74, 6) is 0.376. The van der Waals surface area contributed by atoms with E-state index in [9.17, 15) is 4.79 Å². The minimum atomic E-state index is -0.292.